The highest BCUT2D eigenvalue weighted by atomic mass is 35.5. The third-order valence-electron chi connectivity index (χ3n) is 3.50. The Balaban J connectivity index is 2.25. The number of halogens is 2. The fraction of sp³-hybridized carbons (Fsp3) is 0.353. The number of pyridine rings is 1. The van der Waals surface area contributed by atoms with E-state index >= 15 is 0 Å². The van der Waals surface area contributed by atoms with Gasteiger partial charge in [-0.15, -0.1) is 0 Å². The van der Waals surface area contributed by atoms with Crippen LogP contribution in [-0.2, 0) is 6.42 Å². The highest BCUT2D eigenvalue weighted by molar-refractivity contribution is 6.30. The molecule has 2 rings (SSSR count). The van der Waals surface area contributed by atoms with Crippen LogP contribution in [-0.4, -0.2) is 11.5 Å². The molecule has 1 N–H and O–H groups in total. The monoisotopic (exact) mass is 306 g/mol. The highest BCUT2D eigenvalue weighted by Crippen LogP contribution is 2.24. The fourth-order valence-corrected chi connectivity index (χ4v) is 2.47. The quantitative estimate of drug-likeness (QED) is 0.852. The van der Waals surface area contributed by atoms with Crippen LogP contribution >= 0.6 is 11.6 Å². The number of hydrogen-bond donors (Lipinski definition) is 1. The van der Waals surface area contributed by atoms with E-state index in [9.17, 15) is 4.39 Å². The Kier molecular flexibility index (Phi) is 5.71. The molecule has 0 aliphatic heterocycles. The summed E-state index contributed by atoms with van der Waals surface area (Å²) in [6, 6.07) is 8.97. The molecule has 0 radical (unpaired) electrons. The maximum Gasteiger partial charge on any atom is 0.141 e. The minimum Gasteiger partial charge on any atom is -0.310 e. The van der Waals surface area contributed by atoms with Gasteiger partial charge in [0.25, 0.3) is 0 Å². The second-order valence-electron chi connectivity index (χ2n) is 5.15. The van der Waals surface area contributed by atoms with Gasteiger partial charge < -0.3 is 5.32 Å². The van der Waals surface area contributed by atoms with Crippen LogP contribution in [0.5, 0.6) is 0 Å². The predicted molar refractivity (Wildman–Crippen MR) is 85.1 cm³/mol. The first kappa shape index (κ1) is 15.9. The molecular weight excluding hydrogens is 287 g/mol. The molecular formula is C17H20ClFN2. The zero-order valence-corrected chi connectivity index (χ0v) is 13.1. The van der Waals surface area contributed by atoms with Crippen molar-refractivity contribution < 1.29 is 4.39 Å². The summed E-state index contributed by atoms with van der Waals surface area (Å²) >= 11 is 5.91. The number of rotatable bonds is 6. The summed E-state index contributed by atoms with van der Waals surface area (Å²) in [5.41, 5.74) is 3.19. The maximum absolute atomic E-state index is 13.3. The molecule has 0 amide bonds. The van der Waals surface area contributed by atoms with Gasteiger partial charge >= 0.3 is 0 Å². The molecule has 0 saturated heterocycles. The molecule has 4 heteroatoms. The molecule has 1 aromatic heterocycles. The van der Waals surface area contributed by atoms with Crippen molar-refractivity contribution in [1.82, 2.24) is 10.3 Å². The Morgan fingerprint density at radius 2 is 2.14 bits per heavy atom. The van der Waals surface area contributed by atoms with Gasteiger partial charge in [0.2, 0.25) is 0 Å². The number of benzene rings is 1. The first-order chi connectivity index (χ1) is 10.1. The van der Waals surface area contributed by atoms with Crippen molar-refractivity contribution in [3.05, 3.63) is 64.2 Å². The van der Waals surface area contributed by atoms with Crippen molar-refractivity contribution in [2.75, 3.05) is 6.54 Å². The van der Waals surface area contributed by atoms with Crippen LogP contribution in [0.15, 0.2) is 36.5 Å². The molecule has 0 spiro atoms. The first-order valence-corrected chi connectivity index (χ1v) is 7.58. The lowest BCUT2D eigenvalue weighted by atomic mass is 9.99. The Hall–Kier alpha value is -1.45. The molecule has 2 nitrogen and oxygen atoms in total. The number of nitrogens with zero attached hydrogens (tertiary/aromatic N) is 1. The lowest BCUT2D eigenvalue weighted by Gasteiger charge is -2.20. The number of hydrogen-bond acceptors (Lipinski definition) is 2. The SMILES string of the molecule is CCCNC(Cc1ncccc1C)c1ccc(F)c(Cl)c1. The summed E-state index contributed by atoms with van der Waals surface area (Å²) in [6.45, 7) is 5.07. The molecule has 2 aromatic rings. The van der Waals surface area contributed by atoms with E-state index in [1.54, 1.807) is 18.3 Å². The van der Waals surface area contributed by atoms with Crippen molar-refractivity contribution in [3.8, 4) is 0 Å². The number of aromatic nitrogens is 1. The minimum atomic E-state index is -0.385. The second-order valence-corrected chi connectivity index (χ2v) is 5.56. The molecule has 1 heterocycles. The van der Waals surface area contributed by atoms with Gasteiger partial charge in [0.15, 0.2) is 0 Å². The third kappa shape index (κ3) is 4.26. The largest absolute Gasteiger partial charge is 0.310 e. The molecule has 0 bridgehead atoms. The molecule has 0 aliphatic rings. The normalized spacial score (nSPS) is 12.4. The van der Waals surface area contributed by atoms with Crippen molar-refractivity contribution in [3.63, 3.8) is 0 Å². The number of aryl methyl sites for hydroxylation is 1. The highest BCUT2D eigenvalue weighted by Gasteiger charge is 2.15. The minimum absolute atomic E-state index is 0.0802. The van der Waals surface area contributed by atoms with E-state index in [1.165, 1.54) is 6.07 Å². The van der Waals surface area contributed by atoms with E-state index in [0.29, 0.717) is 0 Å². The van der Waals surface area contributed by atoms with E-state index < -0.39 is 0 Å². The van der Waals surface area contributed by atoms with Crippen molar-refractivity contribution in [2.24, 2.45) is 0 Å². The number of nitrogens with one attached hydrogen (secondary N) is 1. The fourth-order valence-electron chi connectivity index (χ4n) is 2.28. The predicted octanol–water partition coefficient (Wildman–Crippen LogP) is 4.47. The average molecular weight is 307 g/mol. The Morgan fingerprint density at radius 1 is 1.33 bits per heavy atom. The van der Waals surface area contributed by atoms with Gasteiger partial charge in [-0.05, 0) is 49.2 Å². The van der Waals surface area contributed by atoms with Crippen LogP contribution in [0.4, 0.5) is 4.39 Å². The van der Waals surface area contributed by atoms with Crippen LogP contribution in [0.2, 0.25) is 5.02 Å². The van der Waals surface area contributed by atoms with Crippen LogP contribution < -0.4 is 5.32 Å². The second kappa shape index (κ2) is 7.53. The van der Waals surface area contributed by atoms with Gasteiger partial charge in [-0.25, -0.2) is 4.39 Å². The van der Waals surface area contributed by atoms with Crippen LogP contribution in [0.3, 0.4) is 0 Å². The molecule has 0 fully saturated rings. The third-order valence-corrected chi connectivity index (χ3v) is 3.79. The molecule has 0 aliphatic carbocycles. The molecule has 1 atom stereocenters. The van der Waals surface area contributed by atoms with Gasteiger partial charge in [-0.2, -0.15) is 0 Å². The van der Waals surface area contributed by atoms with Gasteiger partial charge in [0, 0.05) is 24.4 Å². The molecule has 21 heavy (non-hydrogen) atoms. The van der Waals surface area contributed by atoms with Gasteiger partial charge in [0.05, 0.1) is 5.02 Å². The lowest BCUT2D eigenvalue weighted by Crippen LogP contribution is -2.24. The summed E-state index contributed by atoms with van der Waals surface area (Å²) in [7, 11) is 0. The van der Waals surface area contributed by atoms with E-state index in [2.05, 4.69) is 30.2 Å². The Bertz CT molecular complexity index is 601. The molecule has 1 aromatic carbocycles. The van der Waals surface area contributed by atoms with Crippen molar-refractivity contribution in [2.45, 2.75) is 32.7 Å². The average Bonchev–Trinajstić information content (AvgIpc) is 2.48. The molecule has 112 valence electrons. The van der Waals surface area contributed by atoms with Gasteiger partial charge in [-0.3, -0.25) is 4.98 Å². The van der Waals surface area contributed by atoms with Crippen LogP contribution in [0.1, 0.15) is 36.2 Å². The summed E-state index contributed by atoms with van der Waals surface area (Å²) in [4.78, 5) is 4.44. The van der Waals surface area contributed by atoms with E-state index in [4.69, 9.17) is 11.6 Å². The van der Waals surface area contributed by atoms with Gasteiger partial charge in [0.1, 0.15) is 5.82 Å². The zero-order chi connectivity index (χ0) is 15.2. The summed E-state index contributed by atoms with van der Waals surface area (Å²) in [5.74, 6) is -0.385. The van der Waals surface area contributed by atoms with E-state index in [-0.39, 0.29) is 16.9 Å². The summed E-state index contributed by atoms with van der Waals surface area (Å²) in [5, 5.41) is 3.65. The Morgan fingerprint density at radius 3 is 2.81 bits per heavy atom. The standard InChI is InChI=1S/C17H20ClFN2/c1-3-8-20-17(11-16-12(2)5-4-9-21-16)13-6-7-15(19)14(18)10-13/h4-7,9-10,17,20H,3,8,11H2,1-2H3. The van der Waals surface area contributed by atoms with Crippen LogP contribution in [0.25, 0.3) is 0 Å². The van der Waals surface area contributed by atoms with E-state index in [0.717, 1.165) is 36.2 Å². The van der Waals surface area contributed by atoms with Crippen molar-refractivity contribution >= 4 is 11.6 Å². The lowest BCUT2D eigenvalue weighted by molar-refractivity contribution is 0.522. The van der Waals surface area contributed by atoms with Crippen molar-refractivity contribution in [1.29, 1.82) is 0 Å². The Labute approximate surface area is 130 Å². The first-order valence-electron chi connectivity index (χ1n) is 7.20. The topological polar surface area (TPSA) is 24.9 Å². The summed E-state index contributed by atoms with van der Waals surface area (Å²) in [6.07, 6.45) is 3.60. The van der Waals surface area contributed by atoms with Gasteiger partial charge in [-0.1, -0.05) is 30.7 Å². The van der Waals surface area contributed by atoms with Crippen LogP contribution in [0, 0.1) is 12.7 Å². The smallest absolute Gasteiger partial charge is 0.141 e. The molecule has 1 unspecified atom stereocenters. The summed E-state index contributed by atoms with van der Waals surface area (Å²) < 4.78 is 13.3. The zero-order valence-electron chi connectivity index (χ0n) is 12.4. The maximum atomic E-state index is 13.3. The van der Waals surface area contributed by atoms with E-state index in [1.807, 2.05) is 6.07 Å². The molecule has 0 saturated carbocycles.